The number of aliphatic imine (C=N–C) groups is 1. The number of nitrogens with zero attached hydrogens (tertiary/aromatic N) is 4. The number of nitrogens with one attached hydrogen (secondary N) is 2. The second-order valence-corrected chi connectivity index (χ2v) is 10.4. The van der Waals surface area contributed by atoms with E-state index in [1.54, 1.807) is 32.3 Å². The Bertz CT molecular complexity index is 1670. The smallest absolute Gasteiger partial charge is 0.403 e. The van der Waals surface area contributed by atoms with Gasteiger partial charge >= 0.3 is 6.18 Å². The summed E-state index contributed by atoms with van der Waals surface area (Å²) < 4.78 is 40.2. The molecule has 0 aliphatic carbocycles. The fourth-order valence-electron chi connectivity index (χ4n) is 4.69. The van der Waals surface area contributed by atoms with Crippen molar-refractivity contribution < 1.29 is 18.0 Å². The number of pyridine rings is 1. The van der Waals surface area contributed by atoms with Gasteiger partial charge in [-0.3, -0.25) is 24.1 Å². The van der Waals surface area contributed by atoms with Crippen LogP contribution in [-0.4, -0.2) is 39.4 Å². The van der Waals surface area contributed by atoms with Crippen LogP contribution in [-0.2, 0) is 4.79 Å². The zero-order valence-corrected chi connectivity index (χ0v) is 24.1. The normalized spacial score (nSPS) is 20.3. The Balaban J connectivity index is 1.77. The summed E-state index contributed by atoms with van der Waals surface area (Å²) in [5, 5.41) is 5.65. The summed E-state index contributed by atoms with van der Waals surface area (Å²) in [7, 11) is 1.56. The number of carbonyl (C=O) groups is 1. The molecule has 2 unspecified atom stereocenters. The van der Waals surface area contributed by atoms with E-state index in [4.69, 9.17) is 23.1 Å². The second-order valence-electron chi connectivity index (χ2n) is 9.92. The molecule has 2 atom stereocenters. The number of anilines is 1. The fourth-order valence-corrected chi connectivity index (χ4v) is 4.86. The molecule has 6 N–H and O–H groups in total. The molecule has 3 aromatic rings. The topological polar surface area (TPSA) is 153 Å². The molecule has 14 heteroatoms. The predicted molar refractivity (Wildman–Crippen MR) is 159 cm³/mol. The van der Waals surface area contributed by atoms with Gasteiger partial charge in [0.2, 0.25) is 5.91 Å². The standard InChI is InChI=1S/C29H30ClF3N8O2/c1-16-4-3-5-24(17-8-9-37-22(10-17)27(36-2)23(13-34)40-28(16)43)41-15-39-21(12-26(41)42)19-11-18(30)6-7-20(19)38-14-25(35)29(31,32)33/h6-16,24,38H,3-5,34-35H2,1-2H3,(H,40,43)/b23-13?,25-14-,36-27?. The van der Waals surface area contributed by atoms with E-state index in [0.29, 0.717) is 53.2 Å². The Morgan fingerprint density at radius 2 is 1.93 bits per heavy atom. The van der Waals surface area contributed by atoms with Crippen molar-refractivity contribution in [2.45, 2.75) is 38.4 Å². The summed E-state index contributed by atoms with van der Waals surface area (Å²) in [6, 6.07) is 8.82. The van der Waals surface area contributed by atoms with Gasteiger partial charge in [-0.25, -0.2) is 4.98 Å². The van der Waals surface area contributed by atoms with Gasteiger partial charge in [0.25, 0.3) is 5.56 Å². The molecule has 1 aliphatic heterocycles. The molecular formula is C29H30ClF3N8O2. The summed E-state index contributed by atoms with van der Waals surface area (Å²) in [6.07, 6.45) is 1.81. The molecule has 3 heterocycles. The van der Waals surface area contributed by atoms with Crippen LogP contribution in [0.2, 0.25) is 5.02 Å². The number of aromatic nitrogens is 3. The van der Waals surface area contributed by atoms with E-state index in [-0.39, 0.29) is 23.2 Å². The van der Waals surface area contributed by atoms with Crippen molar-refractivity contribution in [2.75, 3.05) is 12.4 Å². The van der Waals surface area contributed by atoms with Crippen LogP contribution in [0.5, 0.6) is 0 Å². The number of halogens is 4. The number of fused-ring (bicyclic) bond motifs is 2. The van der Waals surface area contributed by atoms with Gasteiger partial charge in [0.05, 0.1) is 29.5 Å². The van der Waals surface area contributed by atoms with Gasteiger partial charge < -0.3 is 22.1 Å². The fraction of sp³-hybridized carbons (Fsp3) is 0.276. The highest BCUT2D eigenvalue weighted by atomic mass is 35.5. The van der Waals surface area contributed by atoms with Gasteiger partial charge in [-0.1, -0.05) is 24.9 Å². The summed E-state index contributed by atoms with van der Waals surface area (Å²) in [6.45, 7) is 1.81. The Hall–Kier alpha value is -4.65. The van der Waals surface area contributed by atoms with Crippen molar-refractivity contribution in [2.24, 2.45) is 22.4 Å². The average Bonchev–Trinajstić information content (AvgIpc) is 2.97. The molecule has 1 aromatic carbocycles. The summed E-state index contributed by atoms with van der Waals surface area (Å²) in [4.78, 5) is 39.6. The first-order valence-corrected chi connectivity index (χ1v) is 13.6. The van der Waals surface area contributed by atoms with E-state index in [0.717, 1.165) is 5.56 Å². The molecule has 2 aromatic heterocycles. The number of hydrogen-bond acceptors (Lipinski definition) is 8. The quantitative estimate of drug-likeness (QED) is 0.338. The van der Waals surface area contributed by atoms with Crippen LogP contribution in [0.4, 0.5) is 18.9 Å². The highest BCUT2D eigenvalue weighted by Gasteiger charge is 2.31. The lowest BCUT2D eigenvalue weighted by molar-refractivity contribution is -0.123. The summed E-state index contributed by atoms with van der Waals surface area (Å²) in [5.41, 5.74) is 11.8. The first kappa shape index (κ1) is 31.3. The Labute approximate surface area is 250 Å². The van der Waals surface area contributed by atoms with Crippen LogP contribution in [0.3, 0.4) is 0 Å². The first-order valence-electron chi connectivity index (χ1n) is 13.3. The number of benzene rings is 1. The molecule has 226 valence electrons. The highest BCUT2D eigenvalue weighted by molar-refractivity contribution is 6.31. The Morgan fingerprint density at radius 1 is 1.16 bits per heavy atom. The van der Waals surface area contributed by atoms with Crippen molar-refractivity contribution in [1.82, 2.24) is 19.9 Å². The molecule has 1 aliphatic rings. The average molecular weight is 615 g/mol. The zero-order chi connectivity index (χ0) is 31.3. The molecular weight excluding hydrogens is 585 g/mol. The van der Waals surface area contributed by atoms with Crippen molar-refractivity contribution >= 4 is 28.9 Å². The summed E-state index contributed by atoms with van der Waals surface area (Å²) >= 11 is 6.17. The molecule has 2 bridgehead atoms. The maximum atomic E-state index is 13.6. The number of allylic oxidation sites excluding steroid dienone is 2. The van der Waals surface area contributed by atoms with E-state index in [9.17, 15) is 22.8 Å². The first-order chi connectivity index (χ1) is 20.4. The molecule has 0 saturated carbocycles. The van der Waals surface area contributed by atoms with Gasteiger partial charge in [-0.2, -0.15) is 13.2 Å². The maximum absolute atomic E-state index is 13.6. The van der Waals surface area contributed by atoms with Gasteiger partial charge in [0, 0.05) is 53.9 Å². The molecule has 43 heavy (non-hydrogen) atoms. The number of alkyl halides is 3. The van der Waals surface area contributed by atoms with Crippen LogP contribution in [0, 0.1) is 5.92 Å². The number of rotatable bonds is 4. The third-order valence-corrected chi connectivity index (χ3v) is 7.25. The monoisotopic (exact) mass is 614 g/mol. The minimum Gasteiger partial charge on any atom is -0.403 e. The van der Waals surface area contributed by atoms with Crippen molar-refractivity contribution in [3.8, 4) is 11.3 Å². The minimum atomic E-state index is -4.72. The molecule has 0 spiro atoms. The molecule has 0 saturated heterocycles. The second kappa shape index (κ2) is 13.1. The molecule has 0 fully saturated rings. The van der Waals surface area contributed by atoms with Crippen molar-refractivity contribution in [3.63, 3.8) is 0 Å². The Kier molecular flexibility index (Phi) is 9.54. The lowest BCUT2D eigenvalue weighted by Gasteiger charge is -2.23. The largest absolute Gasteiger partial charge is 0.432 e. The van der Waals surface area contributed by atoms with Gasteiger partial charge in [0.15, 0.2) is 0 Å². The lowest BCUT2D eigenvalue weighted by Crippen LogP contribution is -2.34. The van der Waals surface area contributed by atoms with E-state index >= 15 is 0 Å². The van der Waals surface area contributed by atoms with Gasteiger partial charge in [0.1, 0.15) is 11.4 Å². The molecule has 4 rings (SSSR count). The van der Waals surface area contributed by atoms with E-state index in [1.165, 1.54) is 41.4 Å². The molecule has 10 nitrogen and oxygen atoms in total. The van der Waals surface area contributed by atoms with Crippen LogP contribution in [0.15, 0.2) is 82.5 Å². The van der Waals surface area contributed by atoms with E-state index in [1.807, 2.05) is 0 Å². The van der Waals surface area contributed by atoms with Gasteiger partial charge in [-0.15, -0.1) is 0 Å². The van der Waals surface area contributed by atoms with Crippen LogP contribution in [0.25, 0.3) is 11.3 Å². The third-order valence-electron chi connectivity index (χ3n) is 7.02. The van der Waals surface area contributed by atoms with Crippen LogP contribution >= 0.6 is 11.6 Å². The minimum absolute atomic E-state index is 0.192. The van der Waals surface area contributed by atoms with Crippen molar-refractivity contribution in [1.29, 1.82) is 0 Å². The van der Waals surface area contributed by atoms with Crippen LogP contribution < -0.4 is 27.7 Å². The molecule has 1 amide bonds. The third kappa shape index (κ3) is 7.23. The number of hydrogen-bond donors (Lipinski definition) is 4. The van der Waals surface area contributed by atoms with E-state index in [2.05, 4.69) is 25.6 Å². The maximum Gasteiger partial charge on any atom is 0.432 e. The SMILES string of the molecule is CN=C1C(=CN)NC(=O)C(C)CCCC(n2cnc(-c3cc(Cl)ccc3N/C=C(\N)C(F)(F)F)cc2=O)c2ccnc1c2. The predicted octanol–water partition coefficient (Wildman–Crippen LogP) is 4.48. The van der Waals surface area contributed by atoms with Crippen molar-refractivity contribution in [3.05, 3.63) is 99.4 Å². The number of amides is 1. The highest BCUT2D eigenvalue weighted by Crippen LogP contribution is 2.31. The van der Waals surface area contributed by atoms with Gasteiger partial charge in [-0.05, 0) is 48.7 Å². The van der Waals surface area contributed by atoms with E-state index < -0.39 is 23.5 Å². The Morgan fingerprint density at radius 3 is 2.60 bits per heavy atom. The lowest BCUT2D eigenvalue weighted by atomic mass is 9.95. The number of carbonyl (C=O) groups excluding carboxylic acids is 1. The zero-order valence-electron chi connectivity index (χ0n) is 23.3. The molecule has 0 radical (unpaired) electrons. The summed E-state index contributed by atoms with van der Waals surface area (Å²) in [5.74, 6) is -0.557. The van der Waals surface area contributed by atoms with Crippen LogP contribution in [0.1, 0.15) is 43.5 Å². The number of nitrogens with two attached hydrogens (primary N) is 2.